The van der Waals surface area contributed by atoms with E-state index in [0.29, 0.717) is 13.0 Å². The first-order chi connectivity index (χ1) is 9.15. The van der Waals surface area contributed by atoms with Crippen LogP contribution in [0.1, 0.15) is 25.3 Å². The van der Waals surface area contributed by atoms with Crippen molar-refractivity contribution in [3.8, 4) is 0 Å². The largest absolute Gasteiger partial charge is 0.399 e. The second kappa shape index (κ2) is 6.57. The van der Waals surface area contributed by atoms with Crippen LogP contribution in [0.5, 0.6) is 0 Å². The molecule has 1 amide bonds. The maximum atomic E-state index is 12.2. The number of nitrogen functional groups attached to an aromatic ring is 1. The minimum absolute atomic E-state index is 0.138. The van der Waals surface area contributed by atoms with Crippen LogP contribution in [0, 0.1) is 0 Å². The highest BCUT2D eigenvalue weighted by molar-refractivity contribution is 5.76. The normalized spacial score (nSPS) is 20.1. The van der Waals surface area contributed by atoms with Crippen LogP contribution in [-0.2, 0) is 16.0 Å². The van der Waals surface area contributed by atoms with Crippen molar-refractivity contribution in [3.05, 3.63) is 29.8 Å². The van der Waals surface area contributed by atoms with Crippen molar-refractivity contribution in [2.45, 2.75) is 32.3 Å². The summed E-state index contributed by atoms with van der Waals surface area (Å²) in [7, 11) is 0. The average molecular weight is 262 g/mol. The van der Waals surface area contributed by atoms with Gasteiger partial charge in [-0.05, 0) is 37.5 Å². The number of hydrogen-bond acceptors (Lipinski definition) is 3. The molecule has 4 heteroatoms. The van der Waals surface area contributed by atoms with E-state index in [2.05, 4.69) is 0 Å². The van der Waals surface area contributed by atoms with Crippen LogP contribution in [-0.4, -0.2) is 36.6 Å². The summed E-state index contributed by atoms with van der Waals surface area (Å²) < 4.78 is 5.55. The van der Waals surface area contributed by atoms with Gasteiger partial charge in [-0.2, -0.15) is 0 Å². The van der Waals surface area contributed by atoms with E-state index in [1.807, 2.05) is 36.1 Å². The maximum absolute atomic E-state index is 12.2. The van der Waals surface area contributed by atoms with E-state index in [9.17, 15) is 4.79 Å². The summed E-state index contributed by atoms with van der Waals surface area (Å²) in [6.45, 7) is 4.28. The molecule has 0 radical (unpaired) electrons. The Morgan fingerprint density at radius 1 is 1.53 bits per heavy atom. The predicted octanol–water partition coefficient (Wildman–Crippen LogP) is 1.84. The van der Waals surface area contributed by atoms with Crippen LogP contribution in [0.15, 0.2) is 24.3 Å². The summed E-state index contributed by atoms with van der Waals surface area (Å²) in [6, 6.07) is 7.73. The van der Waals surface area contributed by atoms with Crippen molar-refractivity contribution in [1.82, 2.24) is 4.90 Å². The average Bonchev–Trinajstić information content (AvgIpc) is 2.61. The van der Waals surface area contributed by atoms with Crippen LogP contribution in [0.3, 0.4) is 0 Å². The molecule has 104 valence electrons. The number of aryl methyl sites for hydroxylation is 1. The molecule has 0 saturated carbocycles. The second-order valence-corrected chi connectivity index (χ2v) is 5.12. The topological polar surface area (TPSA) is 55.6 Å². The van der Waals surface area contributed by atoms with Crippen molar-refractivity contribution in [1.29, 1.82) is 0 Å². The van der Waals surface area contributed by atoms with E-state index in [0.717, 1.165) is 37.2 Å². The molecule has 0 aromatic heterocycles. The molecular weight excluding hydrogens is 240 g/mol. The van der Waals surface area contributed by atoms with Gasteiger partial charge in [0.15, 0.2) is 0 Å². The summed E-state index contributed by atoms with van der Waals surface area (Å²) in [5, 5.41) is 0. The molecule has 1 aliphatic rings. The third-order valence-corrected chi connectivity index (χ3v) is 3.38. The first kappa shape index (κ1) is 13.9. The fraction of sp³-hybridized carbons (Fsp3) is 0.533. The SMILES string of the molecule is CC1CN(C(=O)CCc2cccc(N)c2)CCCO1. The lowest BCUT2D eigenvalue weighted by Gasteiger charge is -2.22. The molecule has 0 spiro atoms. The molecule has 1 saturated heterocycles. The first-order valence-electron chi connectivity index (χ1n) is 6.89. The van der Waals surface area contributed by atoms with Crippen molar-refractivity contribution in [2.24, 2.45) is 0 Å². The molecule has 1 unspecified atom stereocenters. The Morgan fingerprint density at radius 2 is 2.37 bits per heavy atom. The Balaban J connectivity index is 1.86. The van der Waals surface area contributed by atoms with Gasteiger partial charge in [0.25, 0.3) is 0 Å². The monoisotopic (exact) mass is 262 g/mol. The van der Waals surface area contributed by atoms with Gasteiger partial charge in [-0.15, -0.1) is 0 Å². The maximum Gasteiger partial charge on any atom is 0.222 e. The number of nitrogens with two attached hydrogens (primary N) is 1. The van der Waals surface area contributed by atoms with Crippen molar-refractivity contribution in [2.75, 3.05) is 25.4 Å². The minimum atomic E-state index is 0.138. The number of rotatable bonds is 3. The van der Waals surface area contributed by atoms with Crippen LogP contribution in [0.2, 0.25) is 0 Å². The molecule has 1 aliphatic heterocycles. The third-order valence-electron chi connectivity index (χ3n) is 3.38. The third kappa shape index (κ3) is 4.24. The Morgan fingerprint density at radius 3 is 3.16 bits per heavy atom. The van der Waals surface area contributed by atoms with E-state index in [1.165, 1.54) is 0 Å². The zero-order valence-electron chi connectivity index (χ0n) is 11.5. The quantitative estimate of drug-likeness (QED) is 0.846. The van der Waals surface area contributed by atoms with E-state index in [4.69, 9.17) is 10.5 Å². The molecule has 0 aliphatic carbocycles. The summed E-state index contributed by atoms with van der Waals surface area (Å²) >= 11 is 0. The lowest BCUT2D eigenvalue weighted by atomic mass is 10.1. The van der Waals surface area contributed by atoms with Gasteiger partial charge in [-0.25, -0.2) is 0 Å². The Labute approximate surface area is 114 Å². The Bertz CT molecular complexity index is 434. The molecular formula is C15H22N2O2. The highest BCUT2D eigenvalue weighted by Crippen LogP contribution is 2.11. The highest BCUT2D eigenvalue weighted by Gasteiger charge is 2.19. The summed E-state index contributed by atoms with van der Waals surface area (Å²) in [6.07, 6.45) is 2.35. The summed E-state index contributed by atoms with van der Waals surface area (Å²) in [5.41, 5.74) is 7.60. The first-order valence-corrected chi connectivity index (χ1v) is 6.89. The van der Waals surface area contributed by atoms with Gasteiger partial charge >= 0.3 is 0 Å². The molecule has 2 rings (SSSR count). The molecule has 4 nitrogen and oxygen atoms in total. The van der Waals surface area contributed by atoms with E-state index in [-0.39, 0.29) is 12.0 Å². The predicted molar refractivity (Wildman–Crippen MR) is 75.8 cm³/mol. The van der Waals surface area contributed by atoms with Crippen LogP contribution in [0.4, 0.5) is 5.69 Å². The molecule has 19 heavy (non-hydrogen) atoms. The van der Waals surface area contributed by atoms with Gasteiger partial charge in [0, 0.05) is 31.8 Å². The second-order valence-electron chi connectivity index (χ2n) is 5.12. The lowest BCUT2D eigenvalue weighted by Crippen LogP contribution is -2.36. The number of anilines is 1. The number of benzene rings is 1. The number of ether oxygens (including phenoxy) is 1. The summed E-state index contributed by atoms with van der Waals surface area (Å²) in [4.78, 5) is 14.1. The Kier molecular flexibility index (Phi) is 4.80. The van der Waals surface area contributed by atoms with Gasteiger partial charge in [-0.3, -0.25) is 4.79 Å². The number of nitrogens with zero attached hydrogens (tertiary/aromatic N) is 1. The molecule has 1 fully saturated rings. The van der Waals surface area contributed by atoms with Crippen molar-refractivity contribution < 1.29 is 9.53 Å². The highest BCUT2D eigenvalue weighted by atomic mass is 16.5. The lowest BCUT2D eigenvalue weighted by molar-refractivity contribution is -0.131. The molecule has 1 aromatic rings. The molecule has 0 bridgehead atoms. The van der Waals surface area contributed by atoms with Crippen LogP contribution >= 0.6 is 0 Å². The smallest absolute Gasteiger partial charge is 0.222 e. The zero-order valence-corrected chi connectivity index (χ0v) is 11.5. The van der Waals surface area contributed by atoms with Gasteiger partial charge in [0.1, 0.15) is 0 Å². The fourth-order valence-electron chi connectivity index (χ4n) is 2.38. The standard InChI is InChI=1S/C15H22N2O2/c1-12-11-17(8-3-9-19-12)15(18)7-6-13-4-2-5-14(16)10-13/h2,4-5,10,12H,3,6-9,11,16H2,1H3. The van der Waals surface area contributed by atoms with Gasteiger partial charge in [0.2, 0.25) is 5.91 Å². The van der Waals surface area contributed by atoms with Crippen molar-refractivity contribution in [3.63, 3.8) is 0 Å². The minimum Gasteiger partial charge on any atom is -0.399 e. The van der Waals surface area contributed by atoms with Crippen LogP contribution < -0.4 is 5.73 Å². The van der Waals surface area contributed by atoms with Crippen molar-refractivity contribution >= 4 is 11.6 Å². The molecule has 1 heterocycles. The molecule has 2 N–H and O–H groups in total. The number of carbonyl (C=O) groups excluding carboxylic acids is 1. The van der Waals surface area contributed by atoms with Crippen LogP contribution in [0.25, 0.3) is 0 Å². The Hall–Kier alpha value is -1.55. The molecule has 1 aromatic carbocycles. The van der Waals surface area contributed by atoms with E-state index < -0.39 is 0 Å². The molecule has 1 atom stereocenters. The van der Waals surface area contributed by atoms with Gasteiger partial charge in [-0.1, -0.05) is 12.1 Å². The number of carbonyl (C=O) groups is 1. The zero-order chi connectivity index (χ0) is 13.7. The number of amides is 1. The number of hydrogen-bond donors (Lipinski definition) is 1. The van der Waals surface area contributed by atoms with E-state index >= 15 is 0 Å². The van der Waals surface area contributed by atoms with Gasteiger partial charge in [0.05, 0.1) is 6.10 Å². The summed E-state index contributed by atoms with van der Waals surface area (Å²) in [5.74, 6) is 0.208. The fourth-order valence-corrected chi connectivity index (χ4v) is 2.38. The van der Waals surface area contributed by atoms with Gasteiger partial charge < -0.3 is 15.4 Å². The van der Waals surface area contributed by atoms with E-state index in [1.54, 1.807) is 0 Å².